The molecule has 3 heterocycles. The molecule has 0 amide bonds. The van der Waals surface area contributed by atoms with Gasteiger partial charge in [0.2, 0.25) is 5.78 Å². The second-order valence-corrected chi connectivity index (χ2v) is 9.23. The van der Waals surface area contributed by atoms with Crippen LogP contribution in [0, 0.1) is 19.7 Å². The Morgan fingerprint density at radius 2 is 1.82 bits per heavy atom. The third-order valence-electron chi connectivity index (χ3n) is 5.94. The van der Waals surface area contributed by atoms with Crippen LogP contribution in [-0.2, 0) is 4.74 Å². The van der Waals surface area contributed by atoms with Crippen LogP contribution in [0.5, 0.6) is 0 Å². The molecule has 4 rings (SSSR count). The van der Waals surface area contributed by atoms with Crippen molar-refractivity contribution in [3.8, 4) is 5.69 Å². The topological polar surface area (TPSA) is 137 Å². The lowest BCUT2D eigenvalue weighted by Gasteiger charge is -2.40. The largest absolute Gasteiger partial charge is 0.394 e. The molecule has 1 fully saturated rings. The summed E-state index contributed by atoms with van der Waals surface area (Å²) in [6.45, 7) is 3.23. The first-order valence-corrected chi connectivity index (χ1v) is 11.5. The smallest absolute Gasteiger partial charge is 0.206 e. The van der Waals surface area contributed by atoms with E-state index in [1.54, 1.807) is 18.2 Å². The molecule has 0 bridgehead atoms. The molecule has 1 aromatic carbocycles. The molecule has 5 N–H and O–H groups in total. The summed E-state index contributed by atoms with van der Waals surface area (Å²) in [4.78, 5) is 17.8. The molecular weight excluding hydrogens is 465 g/mol. The minimum Gasteiger partial charge on any atom is -0.394 e. The molecule has 3 aromatic rings. The van der Waals surface area contributed by atoms with Gasteiger partial charge in [-0.2, -0.15) is 0 Å². The van der Waals surface area contributed by atoms with Gasteiger partial charge in [0, 0.05) is 29.2 Å². The number of halogens is 1. The van der Waals surface area contributed by atoms with E-state index in [9.17, 15) is 29.6 Å². The lowest BCUT2D eigenvalue weighted by Crippen LogP contribution is -2.60. The Hall–Kier alpha value is -2.67. The van der Waals surface area contributed by atoms with Crippen LogP contribution in [-0.4, -0.2) is 79.4 Å². The van der Waals surface area contributed by atoms with Crippen LogP contribution in [0.4, 0.5) is 9.52 Å². The molecule has 9 nitrogen and oxygen atoms in total. The minimum atomic E-state index is -1.46. The lowest BCUT2D eigenvalue weighted by atomic mass is 9.95. The van der Waals surface area contributed by atoms with E-state index in [0.717, 1.165) is 28.4 Å². The Morgan fingerprint density at radius 3 is 2.50 bits per heavy atom. The van der Waals surface area contributed by atoms with E-state index in [-0.39, 0.29) is 18.1 Å². The Labute approximate surface area is 199 Å². The third kappa shape index (κ3) is 4.63. The first-order chi connectivity index (χ1) is 16.2. The summed E-state index contributed by atoms with van der Waals surface area (Å²) in [5, 5.41) is 42.6. The molecule has 0 radical (unpaired) electrons. The first-order valence-electron chi connectivity index (χ1n) is 10.7. The van der Waals surface area contributed by atoms with Crippen molar-refractivity contribution in [2.24, 2.45) is 0 Å². The molecule has 0 spiro atoms. The monoisotopic (exact) mass is 491 g/mol. The highest BCUT2D eigenvalue weighted by molar-refractivity contribution is 7.17. The number of anilines is 1. The maximum atomic E-state index is 13.3. The number of thiazole rings is 1. The molecule has 0 aliphatic carbocycles. The summed E-state index contributed by atoms with van der Waals surface area (Å²) in [6, 6.07) is 7.81. The van der Waals surface area contributed by atoms with Crippen LogP contribution < -0.4 is 5.32 Å². The van der Waals surface area contributed by atoms with Gasteiger partial charge in [-0.3, -0.25) is 4.79 Å². The highest BCUT2D eigenvalue weighted by Crippen LogP contribution is 2.27. The van der Waals surface area contributed by atoms with E-state index in [1.165, 1.54) is 18.3 Å². The Balaban J connectivity index is 1.47. The van der Waals surface area contributed by atoms with Crippen molar-refractivity contribution < 1.29 is 34.3 Å². The van der Waals surface area contributed by atoms with E-state index < -0.39 is 37.1 Å². The molecule has 1 saturated heterocycles. The number of rotatable bonds is 7. The molecule has 182 valence electrons. The average molecular weight is 492 g/mol. The second-order valence-electron chi connectivity index (χ2n) is 8.20. The number of hydrogen-bond acceptors (Lipinski definition) is 9. The molecule has 2 aromatic heterocycles. The molecule has 1 aliphatic heterocycles. The number of aryl methyl sites for hydroxylation is 1. The molecule has 34 heavy (non-hydrogen) atoms. The van der Waals surface area contributed by atoms with Crippen molar-refractivity contribution in [3.63, 3.8) is 0 Å². The van der Waals surface area contributed by atoms with Crippen molar-refractivity contribution in [3.05, 3.63) is 64.2 Å². The summed E-state index contributed by atoms with van der Waals surface area (Å²) in [5.41, 5.74) is 2.81. The molecular formula is C23H26FN3O6S. The molecule has 0 saturated carbocycles. The van der Waals surface area contributed by atoms with Gasteiger partial charge in [-0.1, -0.05) is 11.3 Å². The molecule has 5 atom stereocenters. The number of aromatic nitrogens is 2. The molecule has 5 unspecified atom stereocenters. The highest BCUT2D eigenvalue weighted by atomic mass is 32.1. The van der Waals surface area contributed by atoms with Crippen molar-refractivity contribution in [1.29, 1.82) is 0 Å². The Kier molecular flexibility index (Phi) is 7.12. The Morgan fingerprint density at radius 1 is 1.15 bits per heavy atom. The van der Waals surface area contributed by atoms with Crippen molar-refractivity contribution in [1.82, 2.24) is 9.55 Å². The number of aliphatic hydroxyl groups excluding tert-OH is 4. The van der Waals surface area contributed by atoms with E-state index in [4.69, 9.17) is 4.74 Å². The van der Waals surface area contributed by atoms with Crippen LogP contribution >= 0.6 is 11.3 Å². The van der Waals surface area contributed by atoms with Crippen LogP contribution in [0.1, 0.15) is 26.6 Å². The van der Waals surface area contributed by atoms with Gasteiger partial charge >= 0.3 is 0 Å². The summed E-state index contributed by atoms with van der Waals surface area (Å²) >= 11 is 1.13. The second kappa shape index (κ2) is 9.90. The number of nitrogens with one attached hydrogen (secondary N) is 1. The van der Waals surface area contributed by atoms with Crippen molar-refractivity contribution >= 4 is 22.3 Å². The fraction of sp³-hybridized carbons (Fsp3) is 0.391. The normalized spacial score (nSPS) is 24.9. The van der Waals surface area contributed by atoms with E-state index >= 15 is 0 Å². The number of hydrogen-bond donors (Lipinski definition) is 5. The average Bonchev–Trinajstić information content (AvgIpc) is 3.41. The number of aliphatic hydroxyl groups is 4. The van der Waals surface area contributed by atoms with Gasteiger partial charge in [0.15, 0.2) is 5.13 Å². The quantitative estimate of drug-likeness (QED) is 0.311. The number of carbonyl (C=O) groups excluding carboxylic acids is 1. The Bertz CT molecular complexity index is 1160. The summed E-state index contributed by atoms with van der Waals surface area (Å²) in [6.07, 6.45) is -4.67. The number of ether oxygens (including phenoxy) is 1. The fourth-order valence-corrected chi connectivity index (χ4v) is 4.89. The number of benzene rings is 1. The molecule has 1 aliphatic rings. The van der Waals surface area contributed by atoms with Gasteiger partial charge in [0.05, 0.1) is 17.7 Å². The number of carbonyl (C=O) groups is 1. The zero-order valence-electron chi connectivity index (χ0n) is 18.6. The zero-order valence-corrected chi connectivity index (χ0v) is 19.4. The van der Waals surface area contributed by atoms with E-state index in [0.29, 0.717) is 15.6 Å². The minimum absolute atomic E-state index is 0.0433. The predicted molar refractivity (Wildman–Crippen MR) is 123 cm³/mol. The van der Waals surface area contributed by atoms with Crippen molar-refractivity contribution in [2.75, 3.05) is 18.5 Å². The van der Waals surface area contributed by atoms with Gasteiger partial charge in [0.1, 0.15) is 36.3 Å². The van der Waals surface area contributed by atoms with Gasteiger partial charge in [-0.15, -0.1) is 0 Å². The van der Waals surface area contributed by atoms with Crippen LogP contribution in [0.15, 0.2) is 36.5 Å². The SMILES string of the molecule is Cc1cc(C(=O)c2cnc(NCC3OC(CO)C(O)C(O)C3O)s2)c(C)n1-c1ccc(F)cc1. The molecule has 11 heteroatoms. The number of ketones is 1. The number of nitrogens with zero attached hydrogens (tertiary/aromatic N) is 2. The standard InChI is InChI=1S/C23H26FN3O6S/c1-11-7-15(12(2)27(11)14-5-3-13(24)4-6-14)19(29)18-9-26-23(34-18)25-8-16-20(30)22(32)21(31)17(10-28)33-16/h3-7,9,16-17,20-22,28,30-32H,8,10H2,1-2H3,(H,25,26). The van der Waals surface area contributed by atoms with Gasteiger partial charge in [0.25, 0.3) is 0 Å². The third-order valence-corrected chi connectivity index (χ3v) is 6.89. The fourth-order valence-electron chi connectivity index (χ4n) is 4.11. The van der Waals surface area contributed by atoms with Crippen LogP contribution in [0.25, 0.3) is 5.69 Å². The summed E-state index contributed by atoms with van der Waals surface area (Å²) in [7, 11) is 0. The first kappa shape index (κ1) is 24.5. The van der Waals surface area contributed by atoms with E-state index in [2.05, 4.69) is 10.3 Å². The zero-order chi connectivity index (χ0) is 24.6. The van der Waals surface area contributed by atoms with Crippen molar-refractivity contribution in [2.45, 2.75) is 44.4 Å². The van der Waals surface area contributed by atoms with Gasteiger partial charge in [-0.05, 0) is 44.2 Å². The van der Waals surface area contributed by atoms with Gasteiger partial charge < -0.3 is 35.0 Å². The van der Waals surface area contributed by atoms with E-state index in [1.807, 2.05) is 18.4 Å². The summed E-state index contributed by atoms with van der Waals surface area (Å²) in [5.74, 6) is -0.546. The lowest BCUT2D eigenvalue weighted by molar-refractivity contribution is -0.225. The maximum absolute atomic E-state index is 13.3. The predicted octanol–water partition coefficient (Wildman–Crippen LogP) is 1.18. The highest BCUT2D eigenvalue weighted by Gasteiger charge is 2.43. The maximum Gasteiger partial charge on any atom is 0.206 e. The van der Waals surface area contributed by atoms with Crippen LogP contribution in [0.2, 0.25) is 0 Å². The summed E-state index contributed by atoms with van der Waals surface area (Å²) < 4.78 is 20.7. The van der Waals surface area contributed by atoms with Crippen LogP contribution in [0.3, 0.4) is 0 Å². The van der Waals surface area contributed by atoms with Gasteiger partial charge in [-0.25, -0.2) is 9.37 Å².